The molecular formula is C12H13ClN4O2. The van der Waals surface area contributed by atoms with Crippen molar-refractivity contribution in [2.24, 2.45) is 0 Å². The van der Waals surface area contributed by atoms with Crippen LogP contribution in [0.25, 0.3) is 0 Å². The first-order valence-electron chi connectivity index (χ1n) is 5.66. The molecule has 2 aromatic rings. The van der Waals surface area contributed by atoms with Crippen LogP contribution in [0.3, 0.4) is 0 Å². The highest BCUT2D eigenvalue weighted by atomic mass is 35.5. The van der Waals surface area contributed by atoms with Crippen LogP contribution in [0.5, 0.6) is 0 Å². The summed E-state index contributed by atoms with van der Waals surface area (Å²) in [5.41, 5.74) is 2.32. The van der Waals surface area contributed by atoms with E-state index in [1.54, 1.807) is 30.1 Å². The normalized spacial score (nSPS) is 10.5. The van der Waals surface area contributed by atoms with Gasteiger partial charge in [0.2, 0.25) is 0 Å². The summed E-state index contributed by atoms with van der Waals surface area (Å²) in [4.78, 5) is 10.4. The van der Waals surface area contributed by atoms with E-state index in [2.05, 4.69) is 10.4 Å². The molecule has 0 fully saturated rings. The third kappa shape index (κ3) is 2.68. The Kier molecular flexibility index (Phi) is 3.71. The van der Waals surface area contributed by atoms with Crippen LogP contribution in [0, 0.1) is 17.0 Å². The number of nitrogens with zero attached hydrogens (tertiary/aromatic N) is 3. The maximum absolute atomic E-state index is 10.8. The SMILES string of the molecule is CNc1cc(Cn2ncc(Cl)c2C)ccc1[N+](=O)[O-]. The van der Waals surface area contributed by atoms with Crippen LogP contribution in [-0.2, 0) is 6.54 Å². The van der Waals surface area contributed by atoms with Gasteiger partial charge in [-0.25, -0.2) is 0 Å². The van der Waals surface area contributed by atoms with Crippen LogP contribution in [0.1, 0.15) is 11.3 Å². The smallest absolute Gasteiger partial charge is 0.292 e. The van der Waals surface area contributed by atoms with Gasteiger partial charge in [-0.3, -0.25) is 14.8 Å². The van der Waals surface area contributed by atoms with Crippen molar-refractivity contribution in [2.45, 2.75) is 13.5 Å². The molecule has 0 unspecified atom stereocenters. The Morgan fingerprint density at radius 2 is 2.26 bits per heavy atom. The van der Waals surface area contributed by atoms with Gasteiger partial charge >= 0.3 is 0 Å². The van der Waals surface area contributed by atoms with Gasteiger partial charge in [0.15, 0.2) is 0 Å². The van der Waals surface area contributed by atoms with Gasteiger partial charge in [0, 0.05) is 13.1 Å². The Morgan fingerprint density at radius 1 is 1.53 bits per heavy atom. The summed E-state index contributed by atoms with van der Waals surface area (Å²) in [5.74, 6) is 0. The Hall–Kier alpha value is -2.08. The second kappa shape index (κ2) is 5.27. The Balaban J connectivity index is 2.31. The van der Waals surface area contributed by atoms with E-state index < -0.39 is 4.92 Å². The summed E-state index contributed by atoms with van der Waals surface area (Å²) in [6, 6.07) is 4.95. The summed E-state index contributed by atoms with van der Waals surface area (Å²) in [7, 11) is 1.65. The molecule has 0 radical (unpaired) electrons. The number of rotatable bonds is 4. The van der Waals surface area contributed by atoms with E-state index in [0.717, 1.165) is 11.3 Å². The van der Waals surface area contributed by atoms with E-state index in [1.165, 1.54) is 6.07 Å². The fourth-order valence-corrected chi connectivity index (χ4v) is 1.94. The molecule has 1 aromatic heterocycles. The zero-order valence-corrected chi connectivity index (χ0v) is 11.3. The van der Waals surface area contributed by atoms with Crippen molar-refractivity contribution < 1.29 is 4.92 Å². The molecular weight excluding hydrogens is 268 g/mol. The van der Waals surface area contributed by atoms with Crippen LogP contribution >= 0.6 is 11.6 Å². The van der Waals surface area contributed by atoms with E-state index in [1.807, 2.05) is 6.92 Å². The van der Waals surface area contributed by atoms with Gasteiger partial charge in [0.1, 0.15) is 5.69 Å². The number of anilines is 1. The van der Waals surface area contributed by atoms with Crippen molar-refractivity contribution in [1.82, 2.24) is 9.78 Å². The molecule has 0 spiro atoms. The van der Waals surface area contributed by atoms with Gasteiger partial charge < -0.3 is 5.32 Å². The zero-order chi connectivity index (χ0) is 14.0. The molecule has 6 nitrogen and oxygen atoms in total. The van der Waals surface area contributed by atoms with Gasteiger partial charge in [0.05, 0.1) is 28.4 Å². The molecule has 1 heterocycles. The number of benzene rings is 1. The second-order valence-electron chi connectivity index (χ2n) is 4.09. The minimum absolute atomic E-state index is 0.0569. The third-order valence-corrected chi connectivity index (χ3v) is 3.27. The van der Waals surface area contributed by atoms with E-state index in [0.29, 0.717) is 17.3 Å². The van der Waals surface area contributed by atoms with Crippen LogP contribution in [0.15, 0.2) is 24.4 Å². The summed E-state index contributed by atoms with van der Waals surface area (Å²) >= 11 is 5.94. The average molecular weight is 281 g/mol. The monoisotopic (exact) mass is 280 g/mol. The molecule has 0 aliphatic rings. The molecule has 0 aliphatic heterocycles. The Labute approximate surface area is 115 Å². The van der Waals surface area contributed by atoms with Crippen molar-refractivity contribution in [1.29, 1.82) is 0 Å². The van der Waals surface area contributed by atoms with E-state index in [-0.39, 0.29) is 5.69 Å². The maximum Gasteiger partial charge on any atom is 0.292 e. The van der Waals surface area contributed by atoms with Crippen LogP contribution < -0.4 is 5.32 Å². The van der Waals surface area contributed by atoms with Crippen molar-refractivity contribution in [3.8, 4) is 0 Å². The predicted molar refractivity (Wildman–Crippen MR) is 73.7 cm³/mol. The molecule has 0 aliphatic carbocycles. The van der Waals surface area contributed by atoms with Crippen LogP contribution in [0.2, 0.25) is 5.02 Å². The van der Waals surface area contributed by atoms with Gasteiger partial charge in [0.25, 0.3) is 5.69 Å². The number of nitrogens with one attached hydrogen (secondary N) is 1. The van der Waals surface area contributed by atoms with Crippen molar-refractivity contribution in [2.75, 3.05) is 12.4 Å². The lowest BCUT2D eigenvalue weighted by atomic mass is 10.1. The molecule has 1 aromatic carbocycles. The van der Waals surface area contributed by atoms with E-state index in [9.17, 15) is 10.1 Å². The molecule has 0 atom stereocenters. The molecule has 0 saturated carbocycles. The largest absolute Gasteiger partial charge is 0.383 e. The van der Waals surface area contributed by atoms with E-state index in [4.69, 9.17) is 11.6 Å². The molecule has 0 saturated heterocycles. The molecule has 100 valence electrons. The predicted octanol–water partition coefficient (Wildman–Crippen LogP) is 2.84. The van der Waals surface area contributed by atoms with Crippen LogP contribution in [0.4, 0.5) is 11.4 Å². The summed E-state index contributed by atoms with van der Waals surface area (Å²) in [6.45, 7) is 2.39. The van der Waals surface area contributed by atoms with E-state index >= 15 is 0 Å². The summed E-state index contributed by atoms with van der Waals surface area (Å²) < 4.78 is 1.75. The quantitative estimate of drug-likeness (QED) is 0.690. The lowest BCUT2D eigenvalue weighted by Crippen LogP contribution is -2.05. The van der Waals surface area contributed by atoms with Crippen molar-refractivity contribution in [3.05, 3.63) is 50.8 Å². The number of halogens is 1. The summed E-state index contributed by atoms with van der Waals surface area (Å²) in [5, 5.41) is 18.4. The number of hydrogen-bond acceptors (Lipinski definition) is 4. The molecule has 0 amide bonds. The van der Waals surface area contributed by atoms with Gasteiger partial charge in [-0.1, -0.05) is 17.7 Å². The lowest BCUT2D eigenvalue weighted by Gasteiger charge is -2.07. The first kappa shape index (κ1) is 13.4. The standard InChI is InChI=1S/C12H13ClN4O2/c1-8-10(13)6-15-16(8)7-9-3-4-12(17(18)19)11(5-9)14-2/h3-6,14H,7H2,1-2H3. The highest BCUT2D eigenvalue weighted by Gasteiger charge is 2.13. The fourth-order valence-electron chi connectivity index (χ4n) is 1.80. The van der Waals surface area contributed by atoms with Crippen LogP contribution in [-0.4, -0.2) is 21.8 Å². The summed E-state index contributed by atoms with van der Waals surface area (Å²) in [6.07, 6.45) is 1.58. The first-order valence-corrected chi connectivity index (χ1v) is 6.03. The number of nitro benzene ring substituents is 1. The Morgan fingerprint density at radius 3 is 2.79 bits per heavy atom. The molecule has 0 bridgehead atoms. The highest BCUT2D eigenvalue weighted by Crippen LogP contribution is 2.25. The van der Waals surface area contributed by atoms with Crippen molar-refractivity contribution >= 4 is 23.0 Å². The van der Waals surface area contributed by atoms with Gasteiger partial charge in [-0.15, -0.1) is 0 Å². The number of nitro groups is 1. The minimum Gasteiger partial charge on any atom is -0.383 e. The first-order chi connectivity index (χ1) is 9.02. The Bertz CT molecular complexity index is 624. The second-order valence-corrected chi connectivity index (χ2v) is 4.50. The van der Waals surface area contributed by atoms with Crippen molar-refractivity contribution in [3.63, 3.8) is 0 Å². The number of hydrogen-bond donors (Lipinski definition) is 1. The molecule has 2 rings (SSSR count). The average Bonchev–Trinajstić information content (AvgIpc) is 2.70. The highest BCUT2D eigenvalue weighted by molar-refractivity contribution is 6.31. The number of aromatic nitrogens is 2. The fraction of sp³-hybridized carbons (Fsp3) is 0.250. The topological polar surface area (TPSA) is 73.0 Å². The minimum atomic E-state index is -0.411. The van der Waals surface area contributed by atoms with Gasteiger partial charge in [-0.2, -0.15) is 5.10 Å². The zero-order valence-electron chi connectivity index (χ0n) is 10.6. The maximum atomic E-state index is 10.8. The van der Waals surface area contributed by atoms with Gasteiger partial charge in [-0.05, 0) is 18.6 Å². The third-order valence-electron chi connectivity index (χ3n) is 2.90. The molecule has 1 N–H and O–H groups in total. The molecule has 7 heteroatoms. The lowest BCUT2D eigenvalue weighted by molar-refractivity contribution is -0.383. The molecule has 19 heavy (non-hydrogen) atoms.